The van der Waals surface area contributed by atoms with Crippen LogP contribution in [0.3, 0.4) is 0 Å². The molecule has 0 saturated heterocycles. The summed E-state index contributed by atoms with van der Waals surface area (Å²) in [6.45, 7) is 6.62. The van der Waals surface area contributed by atoms with Crippen molar-refractivity contribution in [1.29, 1.82) is 0 Å². The third kappa shape index (κ3) is 3.25. The van der Waals surface area contributed by atoms with Crippen LogP contribution in [0.5, 0.6) is 0 Å². The van der Waals surface area contributed by atoms with Crippen LogP contribution in [0.2, 0.25) is 0 Å². The van der Waals surface area contributed by atoms with Gasteiger partial charge in [0.1, 0.15) is 5.82 Å². The van der Waals surface area contributed by atoms with Crippen molar-refractivity contribution >= 4 is 16.7 Å². The van der Waals surface area contributed by atoms with Crippen LogP contribution in [0.4, 0.5) is 5.82 Å². The normalized spacial score (nSPS) is 14.3. The Morgan fingerprint density at radius 2 is 2.11 bits per heavy atom. The fourth-order valence-electron chi connectivity index (χ4n) is 3.89. The lowest BCUT2D eigenvalue weighted by atomic mass is 10.1. The summed E-state index contributed by atoms with van der Waals surface area (Å²) >= 11 is 0. The number of aromatic nitrogens is 5. The van der Waals surface area contributed by atoms with Gasteiger partial charge in [-0.05, 0) is 24.6 Å². The summed E-state index contributed by atoms with van der Waals surface area (Å²) < 4.78 is 2.13. The SMILES string of the molecule is Cc1c(CN2CCn3nc(CNc4cnccn4)cc3C2)[nH]c2ccccc12. The smallest absolute Gasteiger partial charge is 0.144 e. The van der Waals surface area contributed by atoms with E-state index in [-0.39, 0.29) is 0 Å². The van der Waals surface area contributed by atoms with E-state index in [2.05, 4.69) is 67.1 Å². The minimum Gasteiger partial charge on any atom is -0.363 e. The van der Waals surface area contributed by atoms with Gasteiger partial charge in [0.05, 0.1) is 30.7 Å². The molecule has 1 aliphatic heterocycles. The summed E-state index contributed by atoms with van der Waals surface area (Å²) in [4.78, 5) is 14.4. The van der Waals surface area contributed by atoms with Crippen molar-refractivity contribution in [1.82, 2.24) is 29.6 Å². The first kappa shape index (κ1) is 16.9. The van der Waals surface area contributed by atoms with Crippen molar-refractivity contribution in [2.75, 3.05) is 11.9 Å². The summed E-state index contributed by atoms with van der Waals surface area (Å²) in [6.07, 6.45) is 5.08. The van der Waals surface area contributed by atoms with Crippen LogP contribution >= 0.6 is 0 Å². The van der Waals surface area contributed by atoms with Crippen LogP contribution in [0.1, 0.15) is 22.6 Å². The van der Waals surface area contributed by atoms with Crippen molar-refractivity contribution in [3.63, 3.8) is 0 Å². The zero-order valence-electron chi connectivity index (χ0n) is 15.9. The van der Waals surface area contributed by atoms with Crippen molar-refractivity contribution < 1.29 is 0 Å². The molecule has 1 aromatic carbocycles. The summed E-state index contributed by atoms with van der Waals surface area (Å²) in [6, 6.07) is 10.7. The quantitative estimate of drug-likeness (QED) is 0.562. The topological polar surface area (TPSA) is 74.7 Å². The zero-order chi connectivity index (χ0) is 18.9. The summed E-state index contributed by atoms with van der Waals surface area (Å²) in [7, 11) is 0. The molecule has 7 nitrogen and oxygen atoms in total. The number of benzene rings is 1. The number of nitrogens with zero attached hydrogens (tertiary/aromatic N) is 5. The summed E-state index contributed by atoms with van der Waals surface area (Å²) in [5.74, 6) is 0.768. The fraction of sp³-hybridized carbons (Fsp3) is 0.286. The first-order valence-electron chi connectivity index (χ1n) is 9.60. The highest BCUT2D eigenvalue weighted by Gasteiger charge is 2.20. The van der Waals surface area contributed by atoms with Crippen LogP contribution in [-0.4, -0.2) is 36.2 Å². The minimum atomic E-state index is 0.653. The van der Waals surface area contributed by atoms with E-state index >= 15 is 0 Å². The molecule has 28 heavy (non-hydrogen) atoms. The van der Waals surface area contributed by atoms with Crippen LogP contribution in [0, 0.1) is 6.92 Å². The number of aryl methyl sites for hydroxylation is 1. The van der Waals surface area contributed by atoms with E-state index in [1.54, 1.807) is 18.6 Å². The molecule has 4 heterocycles. The van der Waals surface area contributed by atoms with Gasteiger partial charge >= 0.3 is 0 Å². The molecule has 0 radical (unpaired) electrons. The van der Waals surface area contributed by atoms with Gasteiger partial charge in [0.2, 0.25) is 0 Å². The van der Waals surface area contributed by atoms with Gasteiger partial charge in [0.25, 0.3) is 0 Å². The van der Waals surface area contributed by atoms with Crippen molar-refractivity contribution in [3.05, 3.63) is 71.6 Å². The second-order valence-electron chi connectivity index (χ2n) is 7.28. The predicted octanol–water partition coefficient (Wildman–Crippen LogP) is 3.09. The molecule has 4 aromatic rings. The number of hydrogen-bond acceptors (Lipinski definition) is 5. The van der Waals surface area contributed by atoms with E-state index < -0.39 is 0 Å². The van der Waals surface area contributed by atoms with Crippen LogP contribution < -0.4 is 5.32 Å². The number of nitrogens with one attached hydrogen (secondary N) is 2. The number of fused-ring (bicyclic) bond motifs is 2. The highest BCUT2D eigenvalue weighted by Crippen LogP contribution is 2.24. The molecule has 0 aliphatic carbocycles. The maximum Gasteiger partial charge on any atom is 0.144 e. The number of para-hydroxylation sites is 1. The van der Waals surface area contributed by atoms with E-state index in [0.717, 1.165) is 37.7 Å². The Morgan fingerprint density at radius 3 is 2.96 bits per heavy atom. The Bertz CT molecular complexity index is 1100. The van der Waals surface area contributed by atoms with E-state index in [0.29, 0.717) is 6.54 Å². The first-order valence-corrected chi connectivity index (χ1v) is 9.60. The summed E-state index contributed by atoms with van der Waals surface area (Å²) in [5.41, 5.74) is 6.16. The zero-order valence-corrected chi connectivity index (χ0v) is 15.9. The Kier molecular flexibility index (Phi) is 4.29. The van der Waals surface area contributed by atoms with Crippen molar-refractivity contribution in [3.8, 4) is 0 Å². The van der Waals surface area contributed by atoms with Crippen LogP contribution in [0.15, 0.2) is 48.9 Å². The molecule has 0 fully saturated rings. The van der Waals surface area contributed by atoms with Crippen molar-refractivity contribution in [2.24, 2.45) is 0 Å². The van der Waals surface area contributed by atoms with Gasteiger partial charge in [-0.3, -0.25) is 14.6 Å². The minimum absolute atomic E-state index is 0.653. The Labute approximate surface area is 163 Å². The molecular formula is C21H23N7. The largest absolute Gasteiger partial charge is 0.363 e. The predicted molar refractivity (Wildman–Crippen MR) is 109 cm³/mol. The number of rotatable bonds is 5. The second-order valence-corrected chi connectivity index (χ2v) is 7.28. The molecule has 0 amide bonds. The van der Waals surface area contributed by atoms with Gasteiger partial charge in [0, 0.05) is 48.6 Å². The number of H-pyrrole nitrogens is 1. The molecule has 142 valence electrons. The second kappa shape index (κ2) is 7.09. The molecule has 5 rings (SSSR count). The van der Waals surface area contributed by atoms with E-state index in [1.165, 1.54) is 27.9 Å². The molecule has 0 spiro atoms. The lowest BCUT2D eigenvalue weighted by Crippen LogP contribution is -2.33. The van der Waals surface area contributed by atoms with Gasteiger partial charge in [-0.25, -0.2) is 4.98 Å². The maximum atomic E-state index is 4.73. The Hall–Kier alpha value is -3.19. The van der Waals surface area contributed by atoms with Gasteiger partial charge in [-0.15, -0.1) is 0 Å². The maximum absolute atomic E-state index is 4.73. The molecule has 7 heteroatoms. The molecule has 0 unspecified atom stereocenters. The first-order chi connectivity index (χ1) is 13.8. The van der Waals surface area contributed by atoms with Crippen LogP contribution in [-0.2, 0) is 26.2 Å². The van der Waals surface area contributed by atoms with Crippen LogP contribution in [0.25, 0.3) is 10.9 Å². The lowest BCUT2D eigenvalue weighted by Gasteiger charge is -2.27. The molecule has 2 N–H and O–H groups in total. The third-order valence-corrected chi connectivity index (χ3v) is 5.39. The number of hydrogen-bond donors (Lipinski definition) is 2. The summed E-state index contributed by atoms with van der Waals surface area (Å²) in [5, 5.41) is 9.32. The van der Waals surface area contributed by atoms with E-state index in [1.807, 2.05) is 0 Å². The molecule has 0 saturated carbocycles. The molecule has 0 atom stereocenters. The average Bonchev–Trinajstić information content (AvgIpc) is 3.28. The third-order valence-electron chi connectivity index (χ3n) is 5.39. The fourth-order valence-corrected chi connectivity index (χ4v) is 3.89. The van der Waals surface area contributed by atoms with E-state index in [9.17, 15) is 0 Å². The average molecular weight is 373 g/mol. The molecule has 3 aromatic heterocycles. The molecule has 0 bridgehead atoms. The van der Waals surface area contributed by atoms with Gasteiger partial charge in [-0.2, -0.15) is 5.10 Å². The number of anilines is 1. The number of aromatic amines is 1. The highest BCUT2D eigenvalue weighted by atomic mass is 15.3. The Balaban J connectivity index is 1.27. The lowest BCUT2D eigenvalue weighted by molar-refractivity contribution is 0.203. The van der Waals surface area contributed by atoms with E-state index in [4.69, 9.17) is 5.10 Å². The Morgan fingerprint density at radius 1 is 1.18 bits per heavy atom. The molecule has 1 aliphatic rings. The van der Waals surface area contributed by atoms with Gasteiger partial charge in [-0.1, -0.05) is 18.2 Å². The highest BCUT2D eigenvalue weighted by molar-refractivity contribution is 5.84. The standard InChI is InChI=1S/C21H23N7/c1-15-18-4-2-3-5-19(18)25-20(15)14-27-8-9-28-17(13-27)10-16(26-28)11-24-21-12-22-6-7-23-21/h2-7,10,12,25H,8-9,11,13-14H2,1H3,(H,23,24). The van der Waals surface area contributed by atoms with Gasteiger partial charge < -0.3 is 10.3 Å². The molecular weight excluding hydrogens is 350 g/mol. The monoisotopic (exact) mass is 373 g/mol. The van der Waals surface area contributed by atoms with Gasteiger partial charge in [0.15, 0.2) is 0 Å². The van der Waals surface area contributed by atoms with Crippen molar-refractivity contribution in [2.45, 2.75) is 33.1 Å².